The zero-order valence-corrected chi connectivity index (χ0v) is 11.8. The van der Waals surface area contributed by atoms with Crippen molar-refractivity contribution in [2.45, 2.75) is 37.1 Å². The van der Waals surface area contributed by atoms with Crippen LogP contribution in [-0.2, 0) is 6.54 Å². The topological polar surface area (TPSA) is 41.5 Å². The van der Waals surface area contributed by atoms with Crippen LogP contribution in [0.4, 0.5) is 0 Å². The van der Waals surface area contributed by atoms with Gasteiger partial charge in [-0.05, 0) is 36.8 Å². The van der Waals surface area contributed by atoms with E-state index in [0.717, 1.165) is 17.4 Å². The second-order valence-corrected chi connectivity index (χ2v) is 5.78. The van der Waals surface area contributed by atoms with Crippen molar-refractivity contribution in [1.82, 2.24) is 5.32 Å². The summed E-state index contributed by atoms with van der Waals surface area (Å²) in [7, 11) is 1.58. The first-order valence-corrected chi connectivity index (χ1v) is 7.65. The summed E-state index contributed by atoms with van der Waals surface area (Å²) in [6, 6.07) is 6.13. The van der Waals surface area contributed by atoms with Gasteiger partial charge in [-0.2, -0.15) is 11.8 Å². The molecule has 1 fully saturated rings. The molecule has 0 aromatic heterocycles. The van der Waals surface area contributed by atoms with Gasteiger partial charge in [0.1, 0.15) is 0 Å². The number of methoxy groups -OCH3 is 1. The second kappa shape index (κ2) is 6.34. The molecule has 1 saturated carbocycles. The SMILES string of the molecule is COc1cc(CNC2CCCC2SC)ccc1O. The van der Waals surface area contributed by atoms with Crippen molar-refractivity contribution < 1.29 is 9.84 Å². The number of thioether (sulfide) groups is 1. The van der Waals surface area contributed by atoms with Crippen LogP contribution in [0.15, 0.2) is 18.2 Å². The minimum absolute atomic E-state index is 0.198. The van der Waals surface area contributed by atoms with Crippen LogP contribution in [0.1, 0.15) is 24.8 Å². The maximum Gasteiger partial charge on any atom is 0.160 e. The molecule has 0 spiro atoms. The maximum absolute atomic E-state index is 9.55. The lowest BCUT2D eigenvalue weighted by atomic mass is 10.1. The number of rotatable bonds is 5. The van der Waals surface area contributed by atoms with E-state index in [-0.39, 0.29) is 5.75 Å². The normalized spacial score (nSPS) is 23.2. The molecule has 2 rings (SSSR count). The van der Waals surface area contributed by atoms with Crippen molar-refractivity contribution in [3.05, 3.63) is 23.8 Å². The van der Waals surface area contributed by atoms with Crippen LogP contribution in [-0.4, -0.2) is 29.8 Å². The fourth-order valence-corrected chi connectivity index (χ4v) is 3.49. The number of aromatic hydroxyl groups is 1. The summed E-state index contributed by atoms with van der Waals surface area (Å²) in [6.07, 6.45) is 6.09. The number of ether oxygens (including phenoxy) is 1. The van der Waals surface area contributed by atoms with Crippen molar-refractivity contribution >= 4 is 11.8 Å². The zero-order chi connectivity index (χ0) is 13.0. The third kappa shape index (κ3) is 3.12. The number of phenols is 1. The molecule has 4 heteroatoms. The molecular formula is C14H21NO2S. The summed E-state index contributed by atoms with van der Waals surface area (Å²) in [5, 5.41) is 13.9. The Morgan fingerprint density at radius 3 is 3.00 bits per heavy atom. The molecule has 0 amide bonds. The van der Waals surface area contributed by atoms with E-state index in [1.54, 1.807) is 13.2 Å². The first-order valence-electron chi connectivity index (χ1n) is 6.36. The fourth-order valence-electron chi connectivity index (χ4n) is 2.52. The van der Waals surface area contributed by atoms with Gasteiger partial charge in [0.2, 0.25) is 0 Å². The average molecular weight is 267 g/mol. The number of hydrogen-bond acceptors (Lipinski definition) is 4. The van der Waals surface area contributed by atoms with Crippen molar-refractivity contribution in [3.8, 4) is 11.5 Å². The summed E-state index contributed by atoms with van der Waals surface area (Å²) in [5.74, 6) is 0.742. The minimum Gasteiger partial charge on any atom is -0.504 e. The van der Waals surface area contributed by atoms with E-state index in [9.17, 15) is 5.11 Å². The molecule has 0 heterocycles. The summed E-state index contributed by atoms with van der Waals surface area (Å²) >= 11 is 1.96. The number of hydrogen-bond donors (Lipinski definition) is 2. The van der Waals surface area contributed by atoms with Gasteiger partial charge in [-0.25, -0.2) is 0 Å². The van der Waals surface area contributed by atoms with Gasteiger partial charge in [0.25, 0.3) is 0 Å². The van der Waals surface area contributed by atoms with Crippen molar-refractivity contribution in [1.29, 1.82) is 0 Å². The Morgan fingerprint density at radius 1 is 1.44 bits per heavy atom. The summed E-state index contributed by atoms with van der Waals surface area (Å²) in [6.45, 7) is 0.832. The number of phenolic OH excluding ortho intramolecular Hbond substituents is 1. The van der Waals surface area contributed by atoms with Gasteiger partial charge >= 0.3 is 0 Å². The molecule has 0 bridgehead atoms. The lowest BCUT2D eigenvalue weighted by molar-refractivity contribution is 0.372. The second-order valence-electron chi connectivity index (χ2n) is 4.70. The summed E-state index contributed by atoms with van der Waals surface area (Å²) in [5.41, 5.74) is 1.15. The van der Waals surface area contributed by atoms with Crippen molar-refractivity contribution in [2.75, 3.05) is 13.4 Å². The van der Waals surface area contributed by atoms with Crippen LogP contribution in [0.25, 0.3) is 0 Å². The van der Waals surface area contributed by atoms with Gasteiger partial charge in [0, 0.05) is 17.8 Å². The Morgan fingerprint density at radius 2 is 2.28 bits per heavy atom. The molecule has 100 valence electrons. The van der Waals surface area contributed by atoms with Crippen LogP contribution in [0.2, 0.25) is 0 Å². The van der Waals surface area contributed by atoms with Crippen LogP contribution < -0.4 is 10.1 Å². The maximum atomic E-state index is 9.55. The Labute approximate surface area is 113 Å². The molecule has 2 atom stereocenters. The summed E-state index contributed by atoms with van der Waals surface area (Å²) < 4.78 is 5.12. The fraction of sp³-hybridized carbons (Fsp3) is 0.571. The van der Waals surface area contributed by atoms with E-state index < -0.39 is 0 Å². The van der Waals surface area contributed by atoms with Gasteiger partial charge in [0.05, 0.1) is 7.11 Å². The molecule has 1 aliphatic rings. The third-order valence-corrected chi connectivity index (χ3v) is 4.74. The molecule has 1 aromatic carbocycles. The first-order chi connectivity index (χ1) is 8.74. The van der Waals surface area contributed by atoms with E-state index in [2.05, 4.69) is 11.6 Å². The van der Waals surface area contributed by atoms with E-state index in [4.69, 9.17) is 4.74 Å². The predicted molar refractivity (Wildman–Crippen MR) is 76.4 cm³/mol. The molecule has 18 heavy (non-hydrogen) atoms. The lowest BCUT2D eigenvalue weighted by Gasteiger charge is -2.19. The van der Waals surface area contributed by atoms with Gasteiger partial charge in [0.15, 0.2) is 11.5 Å². The zero-order valence-electron chi connectivity index (χ0n) is 11.0. The van der Waals surface area contributed by atoms with Crippen LogP contribution in [0.5, 0.6) is 11.5 Å². The Hall–Kier alpha value is -0.870. The predicted octanol–water partition coefficient (Wildman–Crippen LogP) is 2.77. The van der Waals surface area contributed by atoms with E-state index >= 15 is 0 Å². The highest BCUT2D eigenvalue weighted by molar-refractivity contribution is 7.99. The lowest BCUT2D eigenvalue weighted by Crippen LogP contribution is -2.33. The molecule has 0 saturated heterocycles. The number of nitrogens with one attached hydrogen (secondary N) is 1. The molecule has 1 aromatic rings. The third-order valence-electron chi connectivity index (χ3n) is 3.57. The minimum atomic E-state index is 0.198. The van der Waals surface area contributed by atoms with Crippen molar-refractivity contribution in [2.24, 2.45) is 0 Å². The molecule has 0 aliphatic heterocycles. The average Bonchev–Trinajstić information content (AvgIpc) is 2.85. The van der Waals surface area contributed by atoms with Crippen LogP contribution >= 0.6 is 11.8 Å². The number of benzene rings is 1. The monoisotopic (exact) mass is 267 g/mol. The molecule has 2 unspecified atom stereocenters. The Bertz CT molecular complexity index is 397. The molecule has 3 nitrogen and oxygen atoms in total. The molecule has 1 aliphatic carbocycles. The highest BCUT2D eigenvalue weighted by Crippen LogP contribution is 2.29. The van der Waals surface area contributed by atoms with Gasteiger partial charge < -0.3 is 15.2 Å². The first kappa shape index (κ1) is 13.6. The highest BCUT2D eigenvalue weighted by atomic mass is 32.2. The molecular weight excluding hydrogens is 246 g/mol. The largest absolute Gasteiger partial charge is 0.504 e. The Balaban J connectivity index is 1.93. The quantitative estimate of drug-likeness (QED) is 0.861. The smallest absolute Gasteiger partial charge is 0.160 e. The van der Waals surface area contributed by atoms with Crippen LogP contribution in [0.3, 0.4) is 0 Å². The summed E-state index contributed by atoms with van der Waals surface area (Å²) in [4.78, 5) is 0. The van der Waals surface area contributed by atoms with E-state index in [1.165, 1.54) is 19.3 Å². The highest BCUT2D eigenvalue weighted by Gasteiger charge is 2.25. The molecule has 0 radical (unpaired) electrons. The van der Waals surface area contributed by atoms with Gasteiger partial charge in [-0.3, -0.25) is 0 Å². The van der Waals surface area contributed by atoms with Gasteiger partial charge in [-0.1, -0.05) is 12.5 Å². The van der Waals surface area contributed by atoms with Crippen molar-refractivity contribution in [3.63, 3.8) is 0 Å². The Kier molecular flexibility index (Phi) is 4.78. The van der Waals surface area contributed by atoms with E-state index in [1.807, 2.05) is 23.9 Å². The van der Waals surface area contributed by atoms with Crippen LogP contribution in [0, 0.1) is 0 Å². The standard InChI is InChI=1S/C14H21NO2S/c1-17-13-8-10(6-7-12(13)16)9-15-11-4-3-5-14(11)18-2/h6-8,11,14-16H,3-5,9H2,1-2H3. The van der Waals surface area contributed by atoms with Gasteiger partial charge in [-0.15, -0.1) is 0 Å². The molecule has 2 N–H and O–H groups in total. The van der Waals surface area contributed by atoms with E-state index in [0.29, 0.717) is 11.8 Å².